The molecule has 1 aliphatic heterocycles. The SMILES string of the molecule is O=C(NCc1cc(Br)ccc1OC(F)F)C1CCCO1. The molecule has 0 radical (unpaired) electrons. The number of hydrogen-bond acceptors (Lipinski definition) is 3. The van der Waals surface area contributed by atoms with Crippen LogP contribution in [0.4, 0.5) is 8.78 Å². The van der Waals surface area contributed by atoms with E-state index in [9.17, 15) is 13.6 Å². The number of rotatable bonds is 5. The van der Waals surface area contributed by atoms with Gasteiger partial charge in [0.2, 0.25) is 5.91 Å². The smallest absolute Gasteiger partial charge is 0.387 e. The van der Waals surface area contributed by atoms with Gasteiger partial charge in [-0.1, -0.05) is 15.9 Å². The zero-order chi connectivity index (χ0) is 14.5. The van der Waals surface area contributed by atoms with Crippen LogP contribution in [0, 0.1) is 0 Å². The molecular weight excluding hydrogens is 336 g/mol. The lowest BCUT2D eigenvalue weighted by atomic mass is 10.2. The molecule has 20 heavy (non-hydrogen) atoms. The third-order valence-corrected chi connectivity index (χ3v) is 3.41. The number of nitrogens with one attached hydrogen (secondary N) is 1. The van der Waals surface area contributed by atoms with Crippen LogP contribution < -0.4 is 10.1 Å². The van der Waals surface area contributed by atoms with Gasteiger partial charge >= 0.3 is 6.61 Å². The molecule has 1 aliphatic rings. The van der Waals surface area contributed by atoms with Crippen molar-refractivity contribution in [2.24, 2.45) is 0 Å². The molecule has 1 fully saturated rings. The van der Waals surface area contributed by atoms with Gasteiger partial charge < -0.3 is 14.8 Å². The third-order valence-electron chi connectivity index (χ3n) is 2.91. The molecule has 0 aliphatic carbocycles. The van der Waals surface area contributed by atoms with Crippen molar-refractivity contribution >= 4 is 21.8 Å². The lowest BCUT2D eigenvalue weighted by Gasteiger charge is -2.14. The summed E-state index contributed by atoms with van der Waals surface area (Å²) in [5.74, 6) is -0.179. The van der Waals surface area contributed by atoms with E-state index in [-0.39, 0.29) is 18.2 Å². The van der Waals surface area contributed by atoms with E-state index in [2.05, 4.69) is 26.0 Å². The van der Waals surface area contributed by atoms with E-state index in [4.69, 9.17) is 4.74 Å². The second-order valence-electron chi connectivity index (χ2n) is 4.35. The fraction of sp³-hybridized carbons (Fsp3) is 0.462. The molecule has 1 saturated heterocycles. The highest BCUT2D eigenvalue weighted by molar-refractivity contribution is 9.10. The van der Waals surface area contributed by atoms with Crippen LogP contribution in [0.1, 0.15) is 18.4 Å². The van der Waals surface area contributed by atoms with Gasteiger partial charge in [0.15, 0.2) is 0 Å². The number of ether oxygens (including phenoxy) is 2. The zero-order valence-corrected chi connectivity index (χ0v) is 12.2. The molecule has 0 bridgehead atoms. The molecule has 2 rings (SSSR count). The van der Waals surface area contributed by atoms with E-state index >= 15 is 0 Å². The van der Waals surface area contributed by atoms with Crippen molar-refractivity contribution < 1.29 is 23.0 Å². The van der Waals surface area contributed by atoms with Crippen LogP contribution in [-0.4, -0.2) is 25.2 Å². The first-order valence-electron chi connectivity index (χ1n) is 6.19. The van der Waals surface area contributed by atoms with E-state index in [1.807, 2.05) is 0 Å². The number of alkyl halides is 2. The van der Waals surface area contributed by atoms with Crippen LogP contribution >= 0.6 is 15.9 Å². The number of benzene rings is 1. The number of amides is 1. The van der Waals surface area contributed by atoms with E-state index in [0.29, 0.717) is 18.6 Å². The van der Waals surface area contributed by atoms with Gasteiger partial charge in [0.25, 0.3) is 0 Å². The standard InChI is InChI=1S/C13H14BrF2NO3/c14-9-3-4-10(20-13(15)16)8(6-9)7-17-12(18)11-2-1-5-19-11/h3-4,6,11,13H,1-2,5,7H2,(H,17,18). The molecule has 1 unspecified atom stereocenters. The van der Waals surface area contributed by atoms with E-state index < -0.39 is 12.7 Å². The van der Waals surface area contributed by atoms with Gasteiger partial charge in [0.1, 0.15) is 11.9 Å². The molecular formula is C13H14BrF2NO3. The summed E-state index contributed by atoms with van der Waals surface area (Å²) >= 11 is 3.26. The van der Waals surface area contributed by atoms with Crippen LogP contribution in [-0.2, 0) is 16.1 Å². The summed E-state index contributed by atoms with van der Waals surface area (Å²) in [6, 6.07) is 4.67. The van der Waals surface area contributed by atoms with Crippen molar-refractivity contribution in [1.82, 2.24) is 5.32 Å². The Hall–Kier alpha value is -1.21. The summed E-state index contributed by atoms with van der Waals surface area (Å²) < 4.78 is 35.0. The second-order valence-corrected chi connectivity index (χ2v) is 5.27. The summed E-state index contributed by atoms with van der Waals surface area (Å²) in [5, 5.41) is 2.67. The van der Waals surface area contributed by atoms with Gasteiger partial charge in [0, 0.05) is 23.2 Å². The fourth-order valence-electron chi connectivity index (χ4n) is 1.98. The van der Waals surface area contributed by atoms with Crippen LogP contribution in [0.2, 0.25) is 0 Å². The molecule has 1 aromatic rings. The lowest BCUT2D eigenvalue weighted by Crippen LogP contribution is -2.33. The molecule has 4 nitrogen and oxygen atoms in total. The third kappa shape index (κ3) is 4.14. The molecule has 1 amide bonds. The topological polar surface area (TPSA) is 47.6 Å². The molecule has 0 saturated carbocycles. The minimum Gasteiger partial charge on any atom is -0.434 e. The highest BCUT2D eigenvalue weighted by Crippen LogP contribution is 2.25. The molecule has 7 heteroatoms. The Morgan fingerprint density at radius 1 is 1.55 bits per heavy atom. The Balaban J connectivity index is 2.00. The molecule has 1 atom stereocenters. The van der Waals surface area contributed by atoms with Gasteiger partial charge in [-0.25, -0.2) is 0 Å². The Bertz CT molecular complexity index is 479. The van der Waals surface area contributed by atoms with Crippen LogP contribution in [0.25, 0.3) is 0 Å². The van der Waals surface area contributed by atoms with Crippen molar-refractivity contribution in [3.05, 3.63) is 28.2 Å². The zero-order valence-electron chi connectivity index (χ0n) is 10.6. The predicted octanol–water partition coefficient (Wildman–Crippen LogP) is 2.85. The van der Waals surface area contributed by atoms with Crippen LogP contribution in [0.3, 0.4) is 0 Å². The summed E-state index contributed by atoms with van der Waals surface area (Å²) in [5.41, 5.74) is 0.478. The van der Waals surface area contributed by atoms with E-state index in [1.165, 1.54) is 6.07 Å². The Morgan fingerprint density at radius 3 is 3.00 bits per heavy atom. The van der Waals surface area contributed by atoms with Gasteiger partial charge in [-0.05, 0) is 31.0 Å². The molecule has 1 aromatic carbocycles. The highest BCUT2D eigenvalue weighted by atomic mass is 79.9. The van der Waals surface area contributed by atoms with Crippen molar-refractivity contribution in [2.75, 3.05) is 6.61 Å². The normalized spacial score (nSPS) is 18.3. The van der Waals surface area contributed by atoms with Gasteiger partial charge in [-0.2, -0.15) is 8.78 Å². The average Bonchev–Trinajstić information content (AvgIpc) is 2.92. The number of carbonyl (C=O) groups is 1. The maximum absolute atomic E-state index is 12.3. The highest BCUT2D eigenvalue weighted by Gasteiger charge is 2.23. The first-order chi connectivity index (χ1) is 9.56. The minimum atomic E-state index is -2.90. The molecule has 110 valence electrons. The number of carbonyl (C=O) groups excluding carboxylic acids is 1. The summed E-state index contributed by atoms with van der Waals surface area (Å²) in [4.78, 5) is 11.8. The Morgan fingerprint density at radius 2 is 2.35 bits per heavy atom. The van der Waals surface area contributed by atoms with Crippen molar-refractivity contribution in [1.29, 1.82) is 0 Å². The van der Waals surface area contributed by atoms with E-state index in [0.717, 1.165) is 10.9 Å². The first kappa shape index (κ1) is 15.2. The second kappa shape index (κ2) is 6.99. The lowest BCUT2D eigenvalue weighted by molar-refractivity contribution is -0.130. The van der Waals surface area contributed by atoms with Gasteiger partial charge in [-0.3, -0.25) is 4.79 Å². The van der Waals surface area contributed by atoms with Gasteiger partial charge in [-0.15, -0.1) is 0 Å². The van der Waals surface area contributed by atoms with Crippen LogP contribution in [0.5, 0.6) is 5.75 Å². The number of hydrogen-bond donors (Lipinski definition) is 1. The minimum absolute atomic E-state index is 0.0517. The molecule has 1 N–H and O–H groups in total. The fourth-order valence-corrected chi connectivity index (χ4v) is 2.39. The van der Waals surface area contributed by atoms with Crippen LogP contribution in [0.15, 0.2) is 22.7 Å². The molecule has 1 heterocycles. The van der Waals surface area contributed by atoms with E-state index in [1.54, 1.807) is 12.1 Å². The summed E-state index contributed by atoms with van der Waals surface area (Å²) in [6.45, 7) is -2.21. The van der Waals surface area contributed by atoms with Crippen molar-refractivity contribution in [3.63, 3.8) is 0 Å². The quantitative estimate of drug-likeness (QED) is 0.889. The maximum atomic E-state index is 12.3. The largest absolute Gasteiger partial charge is 0.434 e. The number of halogens is 3. The molecule has 0 aromatic heterocycles. The summed E-state index contributed by atoms with van der Waals surface area (Å²) in [6.07, 6.45) is 1.10. The Kier molecular flexibility index (Phi) is 5.31. The van der Waals surface area contributed by atoms with Crippen molar-refractivity contribution in [3.8, 4) is 5.75 Å². The first-order valence-corrected chi connectivity index (χ1v) is 6.98. The Labute approximate surface area is 123 Å². The summed E-state index contributed by atoms with van der Waals surface area (Å²) in [7, 11) is 0. The average molecular weight is 350 g/mol. The molecule has 0 spiro atoms. The monoisotopic (exact) mass is 349 g/mol. The maximum Gasteiger partial charge on any atom is 0.387 e. The van der Waals surface area contributed by atoms with Gasteiger partial charge in [0.05, 0.1) is 0 Å². The predicted molar refractivity (Wildman–Crippen MR) is 71.6 cm³/mol. The van der Waals surface area contributed by atoms with Crippen molar-refractivity contribution in [2.45, 2.75) is 32.1 Å².